The molecule has 0 saturated carbocycles. The van der Waals surface area contributed by atoms with Gasteiger partial charge in [-0.25, -0.2) is 0 Å². The van der Waals surface area contributed by atoms with Crippen molar-refractivity contribution in [3.63, 3.8) is 0 Å². The zero-order valence-electron chi connectivity index (χ0n) is 13.1. The third-order valence-corrected chi connectivity index (χ3v) is 1.60. The molecule has 0 saturated heterocycles. The second kappa shape index (κ2) is 24.6. The molecule has 0 rings (SSSR count). The fourth-order valence-electron chi connectivity index (χ4n) is 0.612. The van der Waals surface area contributed by atoms with Crippen molar-refractivity contribution in [1.29, 1.82) is 0 Å². The normalized spacial score (nSPS) is 7.85. The Balaban J connectivity index is -0.0000000817. The van der Waals surface area contributed by atoms with Gasteiger partial charge in [0.2, 0.25) is 0 Å². The summed E-state index contributed by atoms with van der Waals surface area (Å²) in [6.07, 6.45) is -2.82. The van der Waals surface area contributed by atoms with Gasteiger partial charge < -0.3 is 59.4 Å². The van der Waals surface area contributed by atoms with E-state index in [1.165, 1.54) is 0 Å². The summed E-state index contributed by atoms with van der Waals surface area (Å²) in [5.41, 5.74) is 0. The van der Waals surface area contributed by atoms with Crippen LogP contribution >= 0.6 is 0 Å². The molecule has 14 heteroatoms. The van der Waals surface area contributed by atoms with Crippen molar-refractivity contribution < 1.29 is 143 Å². The minimum atomic E-state index is -1.37. The predicted molar refractivity (Wildman–Crippen MR) is 57.7 cm³/mol. The predicted octanol–water partition coefficient (Wildman–Crippen LogP) is -8.20. The van der Waals surface area contributed by atoms with Crippen LogP contribution < -0.4 is 30.6 Å². The van der Waals surface area contributed by atoms with E-state index in [-0.39, 0.29) is 83.5 Å². The number of carboxylic acids is 6. The molecule has 0 heterocycles. The summed E-state index contributed by atoms with van der Waals surface area (Å²) in [5, 5.41) is 57.0. The first kappa shape index (κ1) is 36.5. The molecule has 0 aromatic rings. The van der Waals surface area contributed by atoms with Gasteiger partial charge in [-0.2, -0.15) is 0 Å². The summed E-state index contributed by atoms with van der Waals surface area (Å²) < 4.78 is 0. The van der Waals surface area contributed by atoms with Crippen LogP contribution in [0.2, 0.25) is 0 Å². The SMILES string of the molecule is O=C([O-])CCC(=O)[O-].O=C([O-])CCC(=O)[O-].O=C([O-])CCC(=O)[O-].[Ce+3].[Ce+3]. The largest absolute Gasteiger partial charge is 3.00 e. The number of carbonyl (C=O) groups is 6. The Bertz CT molecular complexity index is 355. The van der Waals surface area contributed by atoms with E-state index < -0.39 is 74.3 Å². The number of hydrogen-bond acceptors (Lipinski definition) is 12. The number of hydrogen-bond donors (Lipinski definition) is 0. The molecule has 140 valence electrons. The Kier molecular flexibility index (Phi) is 34.5. The molecule has 12 nitrogen and oxygen atoms in total. The maximum Gasteiger partial charge on any atom is 3.00 e. The summed E-state index contributed by atoms with van der Waals surface area (Å²) in [4.78, 5) is 57.0. The van der Waals surface area contributed by atoms with Gasteiger partial charge in [0.05, 0.1) is 0 Å². The van der Waals surface area contributed by atoms with E-state index >= 15 is 0 Å². The van der Waals surface area contributed by atoms with Crippen molar-refractivity contribution in [3.05, 3.63) is 0 Å². The maximum atomic E-state index is 9.50. The fraction of sp³-hybridized carbons (Fsp3) is 0.500. The molecule has 0 aromatic heterocycles. The van der Waals surface area contributed by atoms with Crippen LogP contribution in [0.15, 0.2) is 0 Å². The molecule has 0 amide bonds. The van der Waals surface area contributed by atoms with Gasteiger partial charge in [0.1, 0.15) is 0 Å². The molecule has 0 unspecified atom stereocenters. The van der Waals surface area contributed by atoms with E-state index in [9.17, 15) is 59.4 Å². The molecule has 0 aromatic carbocycles. The second-order valence-electron chi connectivity index (χ2n) is 3.73. The van der Waals surface area contributed by atoms with Crippen molar-refractivity contribution in [1.82, 2.24) is 0 Å². The number of carbonyl (C=O) groups excluding carboxylic acids is 6. The molecular weight excluding hydrogens is 616 g/mol. The summed E-state index contributed by atoms with van der Waals surface area (Å²) in [6.45, 7) is 0. The van der Waals surface area contributed by atoms with Gasteiger partial charge in [-0.15, -0.1) is 0 Å². The third-order valence-electron chi connectivity index (χ3n) is 1.60. The molecule has 0 spiro atoms. The number of rotatable bonds is 9. The summed E-state index contributed by atoms with van der Waals surface area (Å²) >= 11 is 0. The van der Waals surface area contributed by atoms with Crippen LogP contribution in [0.4, 0.5) is 0 Å². The van der Waals surface area contributed by atoms with Gasteiger partial charge >= 0.3 is 83.5 Å². The molecular formula is C12H12Ce2O12. The second-order valence-corrected chi connectivity index (χ2v) is 3.73. The molecule has 0 fully saturated rings. The maximum absolute atomic E-state index is 9.50. The van der Waals surface area contributed by atoms with E-state index in [0.717, 1.165) is 0 Å². The Morgan fingerprint density at radius 1 is 0.346 bits per heavy atom. The first-order valence-corrected chi connectivity index (χ1v) is 6.07. The zero-order valence-corrected chi connectivity index (χ0v) is 19.4. The molecule has 0 bridgehead atoms. The summed E-state index contributed by atoms with van der Waals surface area (Å²) in [6, 6.07) is 0. The standard InChI is InChI=1S/3C4H6O4.2Ce/c3*5-3(6)1-2-4(7)8;;/h3*1-2H2,(H,5,6)(H,7,8);;/q;;;2*+3/p-6. The molecule has 0 atom stereocenters. The molecule has 2 radical (unpaired) electrons. The minimum Gasteiger partial charge on any atom is -0.550 e. The summed E-state index contributed by atoms with van der Waals surface area (Å²) in [7, 11) is 0. The smallest absolute Gasteiger partial charge is 0.550 e. The Labute approximate surface area is 214 Å². The molecule has 0 N–H and O–H groups in total. The van der Waals surface area contributed by atoms with E-state index in [2.05, 4.69) is 0 Å². The van der Waals surface area contributed by atoms with Crippen molar-refractivity contribution in [2.75, 3.05) is 0 Å². The summed E-state index contributed by atoms with van der Waals surface area (Å²) in [5.74, 6) is -8.20. The van der Waals surface area contributed by atoms with Crippen molar-refractivity contribution in [2.45, 2.75) is 38.5 Å². The van der Waals surface area contributed by atoms with Gasteiger partial charge in [-0.3, -0.25) is 0 Å². The average Bonchev–Trinajstić information content (AvgIpc) is 2.42. The van der Waals surface area contributed by atoms with Gasteiger partial charge in [-0.1, -0.05) is 0 Å². The minimum absolute atomic E-state index is 0. The number of aliphatic carboxylic acids is 6. The van der Waals surface area contributed by atoms with Crippen LogP contribution in [-0.2, 0) is 28.8 Å². The molecule has 0 aliphatic carbocycles. The number of carboxylic acid groups (broad SMARTS) is 6. The van der Waals surface area contributed by atoms with E-state index in [1.54, 1.807) is 0 Å². The molecule has 0 aliphatic heterocycles. The Hall–Kier alpha value is -0.427. The van der Waals surface area contributed by atoms with E-state index in [1.807, 2.05) is 0 Å². The zero-order chi connectivity index (χ0) is 19.7. The van der Waals surface area contributed by atoms with Crippen LogP contribution in [0, 0.1) is 83.5 Å². The van der Waals surface area contributed by atoms with Gasteiger partial charge in [0.25, 0.3) is 0 Å². The van der Waals surface area contributed by atoms with Gasteiger partial charge in [0, 0.05) is 35.8 Å². The topological polar surface area (TPSA) is 241 Å². The Morgan fingerprint density at radius 3 is 0.462 bits per heavy atom. The van der Waals surface area contributed by atoms with Gasteiger partial charge in [-0.05, 0) is 38.5 Å². The first-order chi connectivity index (χ1) is 10.9. The molecule has 0 aliphatic rings. The Morgan fingerprint density at radius 2 is 0.423 bits per heavy atom. The monoisotopic (exact) mass is 628 g/mol. The first-order valence-electron chi connectivity index (χ1n) is 6.07. The average molecular weight is 628 g/mol. The van der Waals surface area contributed by atoms with E-state index in [4.69, 9.17) is 0 Å². The van der Waals surface area contributed by atoms with E-state index in [0.29, 0.717) is 0 Å². The van der Waals surface area contributed by atoms with Crippen LogP contribution in [0.5, 0.6) is 0 Å². The van der Waals surface area contributed by atoms with Crippen LogP contribution in [0.3, 0.4) is 0 Å². The van der Waals surface area contributed by atoms with Crippen molar-refractivity contribution in [3.8, 4) is 0 Å². The van der Waals surface area contributed by atoms with Gasteiger partial charge in [0.15, 0.2) is 0 Å². The fourth-order valence-corrected chi connectivity index (χ4v) is 0.612. The molecule has 26 heavy (non-hydrogen) atoms. The van der Waals surface area contributed by atoms with Crippen molar-refractivity contribution >= 4 is 35.8 Å². The quantitative estimate of drug-likeness (QED) is 0.231. The van der Waals surface area contributed by atoms with Crippen LogP contribution in [0.1, 0.15) is 38.5 Å². The van der Waals surface area contributed by atoms with Crippen molar-refractivity contribution in [2.24, 2.45) is 0 Å². The third kappa shape index (κ3) is 56.6. The van der Waals surface area contributed by atoms with Crippen LogP contribution in [0.25, 0.3) is 0 Å². The van der Waals surface area contributed by atoms with Crippen LogP contribution in [-0.4, -0.2) is 35.8 Å².